The highest BCUT2D eigenvalue weighted by Crippen LogP contribution is 2.44. The topological polar surface area (TPSA) is 12.0 Å². The average molecular weight is 478 g/mol. The average Bonchev–Trinajstić information content (AvgIpc) is 3.34. The Kier molecular flexibility index (Phi) is 5.04. The van der Waals surface area contributed by atoms with E-state index in [9.17, 15) is 0 Å². The summed E-state index contributed by atoms with van der Waals surface area (Å²) in [7, 11) is 0. The van der Waals surface area contributed by atoms with E-state index in [-0.39, 0.29) is 0 Å². The summed E-state index contributed by atoms with van der Waals surface area (Å²) in [5, 5.41) is 8.86. The monoisotopic (exact) mass is 477 g/mol. The molecule has 0 saturated heterocycles. The molecule has 0 amide bonds. The van der Waals surface area contributed by atoms with Crippen LogP contribution in [0.5, 0.6) is 0 Å². The van der Waals surface area contributed by atoms with Gasteiger partial charge in [-0.25, -0.2) is 0 Å². The van der Waals surface area contributed by atoms with E-state index >= 15 is 0 Å². The maximum Gasteiger partial charge on any atom is 0.0479 e. The summed E-state index contributed by atoms with van der Waals surface area (Å²) in [6.07, 6.45) is 0. The van der Waals surface area contributed by atoms with Gasteiger partial charge in [0, 0.05) is 31.5 Å². The molecule has 0 unspecified atom stereocenters. The third-order valence-corrected chi connectivity index (χ3v) is 8.04. The van der Waals surface area contributed by atoms with E-state index in [0.29, 0.717) is 0 Å². The maximum atomic E-state index is 3.76. The van der Waals surface area contributed by atoms with Crippen LogP contribution in [-0.4, -0.2) is 0 Å². The number of fused-ring (bicyclic) bond motifs is 4. The molecule has 0 spiro atoms. The number of thiophene rings is 1. The van der Waals surface area contributed by atoms with Crippen LogP contribution in [0.2, 0.25) is 0 Å². The second kappa shape index (κ2) is 8.67. The number of hydrogen-bond donors (Lipinski definition) is 1. The van der Waals surface area contributed by atoms with Crippen LogP contribution in [-0.2, 0) is 0 Å². The summed E-state index contributed by atoms with van der Waals surface area (Å²) in [4.78, 5) is 0. The van der Waals surface area contributed by atoms with Gasteiger partial charge in [-0.2, -0.15) is 0 Å². The van der Waals surface area contributed by atoms with E-state index in [1.165, 1.54) is 53.2 Å². The second-order valence-corrected chi connectivity index (χ2v) is 10.1. The van der Waals surface area contributed by atoms with Crippen molar-refractivity contribution in [3.63, 3.8) is 0 Å². The SMILES string of the molecule is c1ccc(-c2ccc(Nc3cccc(-c4ccc5ccccc5c4)c3)c3c2sc2ccccc23)cc1. The molecule has 170 valence electrons. The Hall–Kier alpha value is -4.40. The summed E-state index contributed by atoms with van der Waals surface area (Å²) in [5.74, 6) is 0. The number of benzene rings is 6. The van der Waals surface area contributed by atoms with E-state index in [4.69, 9.17) is 0 Å². The number of nitrogens with one attached hydrogen (secondary N) is 1. The first-order valence-corrected chi connectivity index (χ1v) is 13.0. The van der Waals surface area contributed by atoms with Gasteiger partial charge in [0.25, 0.3) is 0 Å². The highest BCUT2D eigenvalue weighted by atomic mass is 32.1. The van der Waals surface area contributed by atoms with Crippen molar-refractivity contribution >= 4 is 53.7 Å². The lowest BCUT2D eigenvalue weighted by Gasteiger charge is -2.13. The van der Waals surface area contributed by atoms with E-state index in [1.54, 1.807) is 0 Å². The van der Waals surface area contributed by atoms with Crippen LogP contribution in [0.4, 0.5) is 11.4 Å². The molecule has 36 heavy (non-hydrogen) atoms. The third kappa shape index (κ3) is 3.64. The Bertz CT molecular complexity index is 1860. The Morgan fingerprint density at radius 1 is 0.500 bits per heavy atom. The molecule has 7 aromatic rings. The zero-order valence-electron chi connectivity index (χ0n) is 19.6. The van der Waals surface area contributed by atoms with Crippen molar-refractivity contribution in [3.05, 3.63) is 133 Å². The number of hydrogen-bond acceptors (Lipinski definition) is 2. The van der Waals surface area contributed by atoms with Gasteiger partial charge >= 0.3 is 0 Å². The highest BCUT2D eigenvalue weighted by molar-refractivity contribution is 7.26. The Morgan fingerprint density at radius 2 is 1.25 bits per heavy atom. The maximum absolute atomic E-state index is 3.76. The van der Waals surface area contributed by atoms with Crippen LogP contribution in [0.3, 0.4) is 0 Å². The van der Waals surface area contributed by atoms with Gasteiger partial charge in [-0.05, 0) is 63.4 Å². The van der Waals surface area contributed by atoms with Crippen LogP contribution in [0.15, 0.2) is 133 Å². The van der Waals surface area contributed by atoms with Crippen LogP contribution >= 0.6 is 11.3 Å². The van der Waals surface area contributed by atoms with Gasteiger partial charge < -0.3 is 5.32 Å². The van der Waals surface area contributed by atoms with Crippen molar-refractivity contribution in [1.29, 1.82) is 0 Å². The lowest BCUT2D eigenvalue weighted by atomic mass is 10.00. The molecular weight excluding hydrogens is 454 g/mol. The summed E-state index contributed by atoms with van der Waals surface area (Å²) in [6, 6.07) is 47.8. The zero-order chi connectivity index (χ0) is 23.9. The summed E-state index contributed by atoms with van der Waals surface area (Å²) >= 11 is 1.87. The summed E-state index contributed by atoms with van der Waals surface area (Å²) < 4.78 is 2.63. The van der Waals surface area contributed by atoms with E-state index in [2.05, 4.69) is 139 Å². The Morgan fingerprint density at radius 3 is 2.17 bits per heavy atom. The van der Waals surface area contributed by atoms with E-state index in [0.717, 1.165) is 11.4 Å². The molecule has 0 bridgehead atoms. The first kappa shape index (κ1) is 20.9. The molecule has 1 heterocycles. The number of rotatable bonds is 4. The molecule has 0 aliphatic rings. The van der Waals surface area contributed by atoms with Gasteiger partial charge in [-0.1, -0.05) is 103 Å². The van der Waals surface area contributed by atoms with Gasteiger partial charge in [-0.15, -0.1) is 11.3 Å². The van der Waals surface area contributed by atoms with Crippen molar-refractivity contribution in [2.45, 2.75) is 0 Å². The molecule has 0 aliphatic heterocycles. The number of anilines is 2. The minimum Gasteiger partial charge on any atom is -0.355 e. The quantitative estimate of drug-likeness (QED) is 0.266. The molecule has 2 heteroatoms. The molecule has 6 aromatic carbocycles. The first-order valence-electron chi connectivity index (χ1n) is 12.2. The minimum absolute atomic E-state index is 1.09. The highest BCUT2D eigenvalue weighted by Gasteiger charge is 2.14. The Balaban J connectivity index is 1.34. The standard InChI is InChI=1S/C34H23NS/c1-2-10-24(11-3-1)29-19-20-31(33-30-15-6-7-16-32(30)36-34(29)33)35-28-14-8-13-26(22-28)27-18-17-23-9-4-5-12-25(23)21-27/h1-22,35H. The predicted molar refractivity (Wildman–Crippen MR) is 157 cm³/mol. The smallest absolute Gasteiger partial charge is 0.0479 e. The summed E-state index contributed by atoms with van der Waals surface area (Å²) in [5.41, 5.74) is 7.18. The fourth-order valence-electron chi connectivity index (χ4n) is 5.08. The molecule has 1 aromatic heterocycles. The van der Waals surface area contributed by atoms with Crippen molar-refractivity contribution in [3.8, 4) is 22.3 Å². The molecular formula is C34H23NS. The van der Waals surface area contributed by atoms with Gasteiger partial charge in [0.1, 0.15) is 0 Å². The molecule has 0 saturated carbocycles. The van der Waals surface area contributed by atoms with Gasteiger partial charge in [0.05, 0.1) is 0 Å². The Labute approximate surface area is 214 Å². The van der Waals surface area contributed by atoms with Crippen molar-refractivity contribution in [1.82, 2.24) is 0 Å². The van der Waals surface area contributed by atoms with Crippen LogP contribution in [0.25, 0.3) is 53.2 Å². The fraction of sp³-hybridized carbons (Fsp3) is 0. The fourth-order valence-corrected chi connectivity index (χ4v) is 6.34. The van der Waals surface area contributed by atoms with E-state index in [1.807, 2.05) is 11.3 Å². The van der Waals surface area contributed by atoms with Crippen molar-refractivity contribution in [2.24, 2.45) is 0 Å². The van der Waals surface area contributed by atoms with Crippen LogP contribution < -0.4 is 5.32 Å². The summed E-state index contributed by atoms with van der Waals surface area (Å²) in [6.45, 7) is 0. The largest absolute Gasteiger partial charge is 0.355 e. The molecule has 0 fully saturated rings. The first-order chi connectivity index (χ1) is 17.8. The van der Waals surface area contributed by atoms with Gasteiger partial charge in [-0.3, -0.25) is 0 Å². The zero-order valence-corrected chi connectivity index (χ0v) is 20.4. The molecule has 1 nitrogen and oxygen atoms in total. The minimum atomic E-state index is 1.09. The van der Waals surface area contributed by atoms with Crippen molar-refractivity contribution < 1.29 is 0 Å². The van der Waals surface area contributed by atoms with E-state index < -0.39 is 0 Å². The van der Waals surface area contributed by atoms with Crippen LogP contribution in [0.1, 0.15) is 0 Å². The van der Waals surface area contributed by atoms with Crippen LogP contribution in [0, 0.1) is 0 Å². The second-order valence-electron chi connectivity index (χ2n) is 9.10. The molecule has 0 radical (unpaired) electrons. The predicted octanol–water partition coefficient (Wildman–Crippen LogP) is 10.3. The van der Waals surface area contributed by atoms with Gasteiger partial charge in [0.15, 0.2) is 0 Å². The lowest BCUT2D eigenvalue weighted by molar-refractivity contribution is 1.57. The molecule has 7 rings (SSSR count). The molecule has 1 N–H and O–H groups in total. The lowest BCUT2D eigenvalue weighted by Crippen LogP contribution is -1.92. The third-order valence-electron chi connectivity index (χ3n) is 6.84. The molecule has 0 atom stereocenters. The normalized spacial score (nSPS) is 11.3. The molecule has 0 aliphatic carbocycles. The van der Waals surface area contributed by atoms with Gasteiger partial charge in [0.2, 0.25) is 0 Å². The van der Waals surface area contributed by atoms with Crippen molar-refractivity contribution in [2.75, 3.05) is 5.32 Å².